The minimum atomic E-state index is -0.293. The standard InChI is InChI=1S/C22H32N4O3/c1-4-23(5-2)22(29)25-13-11-24(12-14-25)21(28)19-15-20(27)26(16-19)17(3)18-9-7-6-8-10-18/h6-10,17,19H,4-5,11-16H2,1-3H3. The van der Waals surface area contributed by atoms with Gasteiger partial charge in [-0.25, -0.2) is 4.79 Å². The maximum absolute atomic E-state index is 13.0. The smallest absolute Gasteiger partial charge is 0.320 e. The molecule has 2 fully saturated rings. The predicted octanol–water partition coefficient (Wildman–Crippen LogP) is 2.20. The molecule has 1 aromatic carbocycles. The number of rotatable bonds is 5. The van der Waals surface area contributed by atoms with Gasteiger partial charge < -0.3 is 19.6 Å². The van der Waals surface area contributed by atoms with Crippen molar-refractivity contribution in [1.82, 2.24) is 19.6 Å². The molecule has 2 atom stereocenters. The molecule has 0 aromatic heterocycles. The van der Waals surface area contributed by atoms with Crippen LogP contribution in [0, 0.1) is 5.92 Å². The Labute approximate surface area is 173 Å². The van der Waals surface area contributed by atoms with Crippen LogP contribution < -0.4 is 0 Å². The summed E-state index contributed by atoms with van der Waals surface area (Å²) in [6.45, 7) is 9.96. The van der Waals surface area contributed by atoms with Crippen LogP contribution in [0.5, 0.6) is 0 Å². The van der Waals surface area contributed by atoms with Gasteiger partial charge in [-0.1, -0.05) is 30.3 Å². The minimum absolute atomic E-state index is 0.0370. The van der Waals surface area contributed by atoms with Crippen LogP contribution in [0.2, 0.25) is 0 Å². The van der Waals surface area contributed by atoms with Gasteiger partial charge in [0.25, 0.3) is 0 Å². The van der Waals surface area contributed by atoms with Gasteiger partial charge in [-0.05, 0) is 26.3 Å². The van der Waals surface area contributed by atoms with E-state index < -0.39 is 0 Å². The van der Waals surface area contributed by atoms with Crippen molar-refractivity contribution >= 4 is 17.8 Å². The molecule has 7 nitrogen and oxygen atoms in total. The summed E-state index contributed by atoms with van der Waals surface area (Å²) in [7, 11) is 0. The first kappa shape index (κ1) is 21.1. The van der Waals surface area contributed by atoms with Crippen LogP contribution in [0.15, 0.2) is 30.3 Å². The molecule has 1 aromatic rings. The van der Waals surface area contributed by atoms with E-state index in [1.165, 1.54) is 0 Å². The van der Waals surface area contributed by atoms with E-state index >= 15 is 0 Å². The molecule has 2 aliphatic heterocycles. The van der Waals surface area contributed by atoms with Crippen molar-refractivity contribution in [2.24, 2.45) is 5.92 Å². The van der Waals surface area contributed by atoms with Gasteiger partial charge in [-0.15, -0.1) is 0 Å². The quantitative estimate of drug-likeness (QED) is 0.761. The molecule has 2 saturated heterocycles. The van der Waals surface area contributed by atoms with Gasteiger partial charge in [-0.2, -0.15) is 0 Å². The molecule has 3 rings (SSSR count). The molecule has 7 heteroatoms. The second-order valence-corrected chi connectivity index (χ2v) is 7.80. The van der Waals surface area contributed by atoms with Crippen molar-refractivity contribution in [3.8, 4) is 0 Å². The zero-order valence-electron chi connectivity index (χ0n) is 17.7. The first-order valence-corrected chi connectivity index (χ1v) is 10.6. The van der Waals surface area contributed by atoms with Crippen molar-refractivity contribution in [2.75, 3.05) is 45.8 Å². The molecule has 2 heterocycles. The third kappa shape index (κ3) is 4.54. The Hall–Kier alpha value is -2.57. The van der Waals surface area contributed by atoms with E-state index in [1.807, 2.05) is 65.8 Å². The molecule has 0 bridgehead atoms. The maximum Gasteiger partial charge on any atom is 0.320 e. The molecule has 4 amide bonds. The zero-order valence-corrected chi connectivity index (χ0v) is 17.7. The summed E-state index contributed by atoms with van der Waals surface area (Å²) < 4.78 is 0. The van der Waals surface area contributed by atoms with E-state index in [1.54, 1.807) is 4.90 Å². The fourth-order valence-electron chi connectivity index (χ4n) is 4.25. The number of nitrogens with zero attached hydrogens (tertiary/aromatic N) is 4. The number of carbonyl (C=O) groups excluding carboxylic acids is 3. The number of hydrogen-bond donors (Lipinski definition) is 0. The van der Waals surface area contributed by atoms with Crippen molar-refractivity contribution in [3.63, 3.8) is 0 Å². The van der Waals surface area contributed by atoms with Crippen molar-refractivity contribution in [2.45, 2.75) is 33.2 Å². The van der Waals surface area contributed by atoms with Gasteiger partial charge in [0.15, 0.2) is 0 Å². The Kier molecular flexibility index (Phi) is 6.77. The molecule has 0 saturated carbocycles. The normalized spacial score (nSPS) is 20.7. The summed E-state index contributed by atoms with van der Waals surface area (Å²) in [5.74, 6) is -0.218. The lowest BCUT2D eigenvalue weighted by Crippen LogP contribution is -2.55. The van der Waals surface area contributed by atoms with E-state index in [2.05, 4.69) is 0 Å². The van der Waals surface area contributed by atoms with Crippen LogP contribution in [0.1, 0.15) is 38.8 Å². The van der Waals surface area contributed by atoms with E-state index in [4.69, 9.17) is 0 Å². The first-order valence-electron chi connectivity index (χ1n) is 10.6. The predicted molar refractivity (Wildman–Crippen MR) is 111 cm³/mol. The van der Waals surface area contributed by atoms with Crippen LogP contribution in [-0.4, -0.2) is 83.3 Å². The van der Waals surface area contributed by atoms with Gasteiger partial charge in [-0.3, -0.25) is 9.59 Å². The Bertz CT molecular complexity index is 727. The molecule has 29 heavy (non-hydrogen) atoms. The van der Waals surface area contributed by atoms with Gasteiger partial charge in [0.05, 0.1) is 12.0 Å². The number of amides is 4. The maximum atomic E-state index is 13.0. The highest BCUT2D eigenvalue weighted by Gasteiger charge is 2.39. The summed E-state index contributed by atoms with van der Waals surface area (Å²) in [5.41, 5.74) is 1.08. The lowest BCUT2D eigenvalue weighted by atomic mass is 10.1. The summed E-state index contributed by atoms with van der Waals surface area (Å²) in [5, 5.41) is 0. The summed E-state index contributed by atoms with van der Waals surface area (Å²) >= 11 is 0. The van der Waals surface area contributed by atoms with Gasteiger partial charge in [0.2, 0.25) is 11.8 Å². The number of piperazine rings is 1. The second kappa shape index (κ2) is 9.29. The SMILES string of the molecule is CCN(CC)C(=O)N1CCN(C(=O)C2CC(=O)N(C(C)c3ccccc3)C2)CC1. The number of hydrogen-bond acceptors (Lipinski definition) is 3. The van der Waals surface area contributed by atoms with Crippen LogP contribution in [0.25, 0.3) is 0 Å². The van der Waals surface area contributed by atoms with Crippen molar-refractivity contribution in [3.05, 3.63) is 35.9 Å². The minimum Gasteiger partial charge on any atom is -0.339 e. The average molecular weight is 401 g/mol. The monoisotopic (exact) mass is 400 g/mol. The molecule has 0 aliphatic carbocycles. The molecule has 2 unspecified atom stereocenters. The Morgan fingerprint density at radius 2 is 1.62 bits per heavy atom. The number of urea groups is 1. The summed E-state index contributed by atoms with van der Waals surface area (Å²) in [6, 6.07) is 9.92. The second-order valence-electron chi connectivity index (χ2n) is 7.80. The Morgan fingerprint density at radius 3 is 2.21 bits per heavy atom. The Morgan fingerprint density at radius 1 is 1.03 bits per heavy atom. The van der Waals surface area contributed by atoms with Crippen LogP contribution in [-0.2, 0) is 9.59 Å². The average Bonchev–Trinajstić information content (AvgIpc) is 3.15. The lowest BCUT2D eigenvalue weighted by Gasteiger charge is -2.38. The molecule has 158 valence electrons. The largest absolute Gasteiger partial charge is 0.339 e. The molecule has 2 aliphatic rings. The zero-order chi connectivity index (χ0) is 21.0. The lowest BCUT2D eigenvalue weighted by molar-refractivity contribution is -0.137. The topological polar surface area (TPSA) is 64.2 Å². The van der Waals surface area contributed by atoms with Crippen molar-refractivity contribution < 1.29 is 14.4 Å². The van der Waals surface area contributed by atoms with E-state index in [9.17, 15) is 14.4 Å². The molecular weight excluding hydrogens is 368 g/mol. The fourth-order valence-corrected chi connectivity index (χ4v) is 4.25. The Balaban J connectivity index is 1.55. The highest BCUT2D eigenvalue weighted by Crippen LogP contribution is 2.29. The third-order valence-electron chi connectivity index (χ3n) is 6.15. The number of carbonyl (C=O) groups is 3. The molecule has 0 radical (unpaired) electrons. The summed E-state index contributed by atoms with van der Waals surface area (Å²) in [4.78, 5) is 45.3. The van der Waals surface area contributed by atoms with Crippen LogP contribution in [0.3, 0.4) is 0 Å². The van der Waals surface area contributed by atoms with Crippen LogP contribution >= 0.6 is 0 Å². The van der Waals surface area contributed by atoms with Crippen molar-refractivity contribution in [1.29, 1.82) is 0 Å². The van der Waals surface area contributed by atoms with Crippen LogP contribution in [0.4, 0.5) is 4.79 Å². The first-order chi connectivity index (χ1) is 14.0. The third-order valence-corrected chi connectivity index (χ3v) is 6.15. The molecule has 0 spiro atoms. The fraction of sp³-hybridized carbons (Fsp3) is 0.591. The van der Waals surface area contributed by atoms with Gasteiger partial charge >= 0.3 is 6.03 Å². The highest BCUT2D eigenvalue weighted by atomic mass is 16.2. The highest BCUT2D eigenvalue weighted by molar-refractivity contribution is 5.89. The van der Waals surface area contributed by atoms with E-state index in [-0.39, 0.29) is 36.2 Å². The summed E-state index contributed by atoms with van der Waals surface area (Å²) in [6.07, 6.45) is 0.272. The van der Waals surface area contributed by atoms with Gasteiger partial charge in [0, 0.05) is 52.2 Å². The van der Waals surface area contributed by atoms with E-state index in [0.717, 1.165) is 5.56 Å². The molecular formula is C22H32N4O3. The van der Waals surface area contributed by atoms with Gasteiger partial charge in [0.1, 0.15) is 0 Å². The number of likely N-dealkylation sites (tertiary alicyclic amines) is 1. The number of benzene rings is 1. The van der Waals surface area contributed by atoms with E-state index in [0.29, 0.717) is 45.8 Å². The molecule has 0 N–H and O–H groups in total.